The normalized spacial score (nSPS) is 13.6. The number of hydrazine groups is 1. The molecule has 0 aromatic rings. The van der Waals surface area contributed by atoms with E-state index in [4.69, 9.17) is 4.55 Å². The maximum Gasteiger partial charge on any atom is 0.346 e. The lowest BCUT2D eigenvalue weighted by Gasteiger charge is -2.19. The SMILES string of the molecule is CC(C)(C)NNS(=O)(=O)O. The molecule has 0 aromatic carbocycles. The molecule has 0 saturated heterocycles. The van der Waals surface area contributed by atoms with Crippen LogP contribution >= 0.6 is 0 Å². The molecule has 0 unspecified atom stereocenters. The fourth-order valence-corrected chi connectivity index (χ4v) is 0.653. The summed E-state index contributed by atoms with van der Waals surface area (Å²) in [6.07, 6.45) is 0. The summed E-state index contributed by atoms with van der Waals surface area (Å²) in [6.45, 7) is 5.27. The van der Waals surface area contributed by atoms with Crippen LogP contribution in [0.1, 0.15) is 20.8 Å². The summed E-state index contributed by atoms with van der Waals surface area (Å²) in [4.78, 5) is 1.74. The van der Waals surface area contributed by atoms with Crippen LogP contribution in [0.2, 0.25) is 0 Å². The molecule has 10 heavy (non-hydrogen) atoms. The van der Waals surface area contributed by atoms with Gasteiger partial charge in [0, 0.05) is 5.54 Å². The van der Waals surface area contributed by atoms with E-state index in [1.807, 2.05) is 0 Å². The smallest absolute Gasteiger partial charge is 0.273 e. The Hall–Kier alpha value is -0.170. The van der Waals surface area contributed by atoms with E-state index in [9.17, 15) is 8.42 Å². The minimum atomic E-state index is -4.12. The summed E-state index contributed by atoms with van der Waals surface area (Å²) < 4.78 is 28.3. The number of hydrogen-bond donors (Lipinski definition) is 3. The first-order chi connectivity index (χ1) is 4.21. The van der Waals surface area contributed by atoms with E-state index in [-0.39, 0.29) is 0 Å². The molecule has 0 amide bonds. The van der Waals surface area contributed by atoms with Crippen molar-refractivity contribution in [1.82, 2.24) is 10.3 Å². The van der Waals surface area contributed by atoms with Crippen molar-refractivity contribution >= 4 is 10.3 Å². The van der Waals surface area contributed by atoms with Crippen molar-refractivity contribution in [3.05, 3.63) is 0 Å². The Kier molecular flexibility index (Phi) is 2.78. The molecule has 0 atom stereocenters. The van der Waals surface area contributed by atoms with E-state index in [0.717, 1.165) is 0 Å². The molecule has 0 heterocycles. The molecule has 62 valence electrons. The van der Waals surface area contributed by atoms with Crippen molar-refractivity contribution < 1.29 is 13.0 Å². The minimum absolute atomic E-state index is 0.393. The van der Waals surface area contributed by atoms with Gasteiger partial charge in [-0.1, -0.05) is 0 Å². The second-order valence-electron chi connectivity index (χ2n) is 2.95. The van der Waals surface area contributed by atoms with Crippen molar-refractivity contribution in [3.8, 4) is 0 Å². The lowest BCUT2D eigenvalue weighted by Crippen LogP contribution is -2.48. The van der Waals surface area contributed by atoms with Gasteiger partial charge >= 0.3 is 10.3 Å². The van der Waals surface area contributed by atoms with Crippen molar-refractivity contribution in [2.75, 3.05) is 0 Å². The molecule has 0 aliphatic rings. The third kappa shape index (κ3) is 7.83. The number of hydrogen-bond acceptors (Lipinski definition) is 3. The third-order valence-corrected chi connectivity index (χ3v) is 0.915. The topological polar surface area (TPSA) is 78.4 Å². The Morgan fingerprint density at radius 3 is 1.80 bits per heavy atom. The van der Waals surface area contributed by atoms with Crippen LogP contribution in [0.15, 0.2) is 0 Å². The van der Waals surface area contributed by atoms with Crippen LogP contribution in [0.4, 0.5) is 0 Å². The highest BCUT2D eigenvalue weighted by molar-refractivity contribution is 7.83. The van der Waals surface area contributed by atoms with Gasteiger partial charge < -0.3 is 0 Å². The molecule has 0 aromatic heterocycles. The molecule has 0 rings (SSSR count). The Bertz CT molecular complexity index is 191. The van der Waals surface area contributed by atoms with E-state index in [2.05, 4.69) is 5.43 Å². The van der Waals surface area contributed by atoms with Crippen LogP contribution in [-0.4, -0.2) is 18.5 Å². The van der Waals surface area contributed by atoms with Gasteiger partial charge in [0.2, 0.25) is 0 Å². The molecule has 0 radical (unpaired) electrons. The fourth-order valence-electron chi connectivity index (χ4n) is 0.218. The third-order valence-electron chi connectivity index (χ3n) is 0.555. The predicted octanol–water partition coefficient (Wildman–Crippen LogP) is -0.318. The quantitative estimate of drug-likeness (QED) is 0.390. The van der Waals surface area contributed by atoms with Crippen molar-refractivity contribution in [3.63, 3.8) is 0 Å². The predicted molar refractivity (Wildman–Crippen MR) is 37.6 cm³/mol. The first kappa shape index (κ1) is 9.83. The lowest BCUT2D eigenvalue weighted by atomic mass is 10.1. The molecule has 0 fully saturated rings. The van der Waals surface area contributed by atoms with E-state index in [0.29, 0.717) is 0 Å². The Morgan fingerprint density at radius 2 is 1.70 bits per heavy atom. The maximum absolute atomic E-state index is 10.1. The fraction of sp³-hybridized carbons (Fsp3) is 1.00. The second-order valence-corrected chi connectivity index (χ2v) is 4.11. The van der Waals surface area contributed by atoms with E-state index in [1.54, 1.807) is 25.6 Å². The summed E-state index contributed by atoms with van der Waals surface area (Å²) in [7, 11) is -4.12. The van der Waals surface area contributed by atoms with Crippen LogP contribution in [-0.2, 0) is 10.3 Å². The van der Waals surface area contributed by atoms with Gasteiger partial charge in [-0.2, -0.15) is 8.42 Å². The first-order valence-electron chi connectivity index (χ1n) is 2.72. The van der Waals surface area contributed by atoms with E-state index < -0.39 is 15.8 Å². The highest BCUT2D eigenvalue weighted by Crippen LogP contribution is 1.95. The zero-order chi connectivity index (χ0) is 8.41. The maximum atomic E-state index is 10.1. The van der Waals surface area contributed by atoms with Crippen LogP contribution < -0.4 is 10.3 Å². The summed E-state index contributed by atoms with van der Waals surface area (Å²) in [6, 6.07) is 0. The molecule has 0 aliphatic heterocycles. The highest BCUT2D eigenvalue weighted by Gasteiger charge is 2.11. The standard InChI is InChI=1S/C4H12N2O3S/c1-4(2,3)5-6-10(7,8)9/h5-6H,1-3H3,(H,7,8,9). The molecule has 3 N–H and O–H groups in total. The first-order valence-corrected chi connectivity index (χ1v) is 4.16. The van der Waals surface area contributed by atoms with Gasteiger partial charge in [0.15, 0.2) is 0 Å². The molecular formula is C4H12N2O3S. The molecule has 0 aliphatic carbocycles. The average molecular weight is 168 g/mol. The van der Waals surface area contributed by atoms with Gasteiger partial charge in [0.05, 0.1) is 0 Å². The van der Waals surface area contributed by atoms with Gasteiger partial charge in [-0.05, 0) is 20.8 Å². The van der Waals surface area contributed by atoms with Crippen LogP contribution in [0, 0.1) is 0 Å². The molecule has 0 spiro atoms. The largest absolute Gasteiger partial charge is 0.346 e. The van der Waals surface area contributed by atoms with E-state index in [1.165, 1.54) is 0 Å². The second kappa shape index (κ2) is 2.83. The van der Waals surface area contributed by atoms with Crippen LogP contribution in [0.25, 0.3) is 0 Å². The molecule has 6 heteroatoms. The van der Waals surface area contributed by atoms with Gasteiger partial charge in [-0.3, -0.25) is 4.55 Å². The Labute approximate surface area is 60.7 Å². The van der Waals surface area contributed by atoms with Gasteiger partial charge in [0.1, 0.15) is 0 Å². The summed E-state index contributed by atoms with van der Waals surface area (Å²) in [5.41, 5.74) is 1.98. The summed E-state index contributed by atoms with van der Waals surface area (Å²) in [5, 5.41) is 0. The van der Waals surface area contributed by atoms with Crippen LogP contribution in [0.5, 0.6) is 0 Å². The minimum Gasteiger partial charge on any atom is -0.273 e. The van der Waals surface area contributed by atoms with Crippen molar-refractivity contribution in [1.29, 1.82) is 0 Å². The average Bonchev–Trinajstić information content (AvgIpc) is 1.57. The van der Waals surface area contributed by atoms with Crippen LogP contribution in [0.3, 0.4) is 0 Å². The molecule has 5 nitrogen and oxygen atoms in total. The summed E-state index contributed by atoms with van der Waals surface area (Å²) >= 11 is 0. The van der Waals surface area contributed by atoms with E-state index >= 15 is 0 Å². The number of nitrogens with one attached hydrogen (secondary N) is 2. The monoisotopic (exact) mass is 168 g/mol. The van der Waals surface area contributed by atoms with Crippen molar-refractivity contribution in [2.24, 2.45) is 0 Å². The Balaban J connectivity index is 3.79. The highest BCUT2D eigenvalue weighted by atomic mass is 32.2. The molecule has 0 saturated carbocycles. The lowest BCUT2D eigenvalue weighted by molar-refractivity contribution is 0.377. The summed E-state index contributed by atoms with van der Waals surface area (Å²) in [5.74, 6) is 0. The van der Waals surface area contributed by atoms with Gasteiger partial charge in [0.25, 0.3) is 0 Å². The van der Waals surface area contributed by atoms with Gasteiger partial charge in [-0.25, -0.2) is 5.43 Å². The van der Waals surface area contributed by atoms with Gasteiger partial charge in [-0.15, -0.1) is 4.83 Å². The zero-order valence-electron chi connectivity index (χ0n) is 6.17. The zero-order valence-corrected chi connectivity index (χ0v) is 6.99. The van der Waals surface area contributed by atoms with Crippen molar-refractivity contribution in [2.45, 2.75) is 26.3 Å². The Morgan fingerprint density at radius 1 is 1.30 bits per heavy atom. The molecule has 0 bridgehead atoms. The number of rotatable bonds is 2. The molecular weight excluding hydrogens is 156 g/mol.